The quantitative estimate of drug-likeness (QED) is 0.852. The van der Waals surface area contributed by atoms with E-state index in [1.54, 1.807) is 0 Å². The van der Waals surface area contributed by atoms with Crippen LogP contribution >= 0.6 is 0 Å². The number of ether oxygens (including phenoxy) is 1. The Bertz CT molecular complexity index is 500. The van der Waals surface area contributed by atoms with Gasteiger partial charge in [-0.3, -0.25) is 4.79 Å². The van der Waals surface area contributed by atoms with Gasteiger partial charge in [0, 0.05) is 12.8 Å². The Morgan fingerprint density at radius 2 is 2.26 bits per heavy atom. The fourth-order valence-corrected chi connectivity index (χ4v) is 1.99. The largest absolute Gasteiger partial charge is 0.477 e. The van der Waals surface area contributed by atoms with Crippen molar-refractivity contribution >= 4 is 11.9 Å². The van der Waals surface area contributed by atoms with E-state index in [1.807, 2.05) is 13.8 Å². The van der Waals surface area contributed by atoms with Gasteiger partial charge in [-0.05, 0) is 32.4 Å². The van der Waals surface area contributed by atoms with E-state index in [0.29, 0.717) is 12.2 Å². The second kappa shape index (κ2) is 4.97. The number of aromatic nitrogens is 1. The molecule has 0 aromatic carbocycles. The van der Waals surface area contributed by atoms with Crippen molar-refractivity contribution < 1.29 is 19.4 Å². The highest BCUT2D eigenvalue weighted by atomic mass is 16.5. The molecule has 19 heavy (non-hydrogen) atoms. The van der Waals surface area contributed by atoms with Crippen LogP contribution in [0, 0.1) is 0 Å². The molecule has 6 nitrogen and oxygen atoms in total. The van der Waals surface area contributed by atoms with Gasteiger partial charge in [-0.1, -0.05) is 0 Å². The Hall–Kier alpha value is -1.95. The van der Waals surface area contributed by atoms with Crippen LogP contribution in [0.2, 0.25) is 0 Å². The van der Waals surface area contributed by atoms with Gasteiger partial charge in [-0.15, -0.1) is 0 Å². The van der Waals surface area contributed by atoms with Crippen molar-refractivity contribution in [1.29, 1.82) is 0 Å². The lowest BCUT2D eigenvalue weighted by molar-refractivity contribution is 0.0687. The summed E-state index contributed by atoms with van der Waals surface area (Å²) in [5.74, 6) is -1.39. The monoisotopic (exact) mass is 264 g/mol. The Labute approximate surface area is 110 Å². The van der Waals surface area contributed by atoms with Crippen molar-refractivity contribution in [1.82, 2.24) is 10.3 Å². The Morgan fingerprint density at radius 3 is 2.74 bits per heavy atom. The fraction of sp³-hybridized carbons (Fsp3) is 0.462. The van der Waals surface area contributed by atoms with Crippen molar-refractivity contribution in [2.75, 3.05) is 6.61 Å². The molecule has 0 saturated carbocycles. The predicted molar refractivity (Wildman–Crippen MR) is 67.1 cm³/mol. The van der Waals surface area contributed by atoms with Gasteiger partial charge in [0.2, 0.25) is 0 Å². The first-order valence-electron chi connectivity index (χ1n) is 6.06. The van der Waals surface area contributed by atoms with Crippen LogP contribution in [-0.2, 0) is 4.74 Å². The van der Waals surface area contributed by atoms with E-state index in [9.17, 15) is 9.59 Å². The van der Waals surface area contributed by atoms with Gasteiger partial charge >= 0.3 is 5.97 Å². The summed E-state index contributed by atoms with van der Waals surface area (Å²) in [5.41, 5.74) is -0.145. The molecular formula is C13H16N2O4. The number of nitrogens with zero attached hydrogens (tertiary/aromatic N) is 1. The van der Waals surface area contributed by atoms with E-state index in [4.69, 9.17) is 9.84 Å². The number of carboxylic acids is 1. The summed E-state index contributed by atoms with van der Waals surface area (Å²) in [7, 11) is 0. The second-order valence-corrected chi connectivity index (χ2v) is 4.87. The average Bonchev–Trinajstić information content (AvgIpc) is 2.69. The Morgan fingerprint density at radius 1 is 1.53 bits per heavy atom. The highest BCUT2D eigenvalue weighted by Crippen LogP contribution is 2.25. The molecule has 2 heterocycles. The van der Waals surface area contributed by atoms with Crippen molar-refractivity contribution in [3.8, 4) is 0 Å². The molecule has 6 heteroatoms. The van der Waals surface area contributed by atoms with Gasteiger partial charge in [0.25, 0.3) is 5.91 Å². The van der Waals surface area contributed by atoms with Crippen molar-refractivity contribution in [2.24, 2.45) is 0 Å². The van der Waals surface area contributed by atoms with Gasteiger partial charge in [-0.2, -0.15) is 0 Å². The third-order valence-corrected chi connectivity index (χ3v) is 3.53. The van der Waals surface area contributed by atoms with Gasteiger partial charge < -0.3 is 15.2 Å². The van der Waals surface area contributed by atoms with E-state index in [1.165, 1.54) is 18.3 Å². The van der Waals surface area contributed by atoms with E-state index >= 15 is 0 Å². The van der Waals surface area contributed by atoms with Gasteiger partial charge in [-0.25, -0.2) is 9.78 Å². The van der Waals surface area contributed by atoms with Crippen LogP contribution in [0.3, 0.4) is 0 Å². The van der Waals surface area contributed by atoms with Crippen LogP contribution in [0.1, 0.15) is 41.1 Å². The zero-order valence-corrected chi connectivity index (χ0v) is 10.8. The standard InChI is InChI=1S/C13H16N2O4/c1-8-13(2,5-6-19-8)15-11(16)9-3-4-10(12(17)18)14-7-9/h3-4,7-8H,5-6H2,1-2H3,(H,15,16)(H,17,18). The lowest BCUT2D eigenvalue weighted by atomic mass is 9.94. The molecule has 1 aliphatic heterocycles. The molecule has 0 spiro atoms. The van der Waals surface area contributed by atoms with Crippen molar-refractivity contribution in [3.05, 3.63) is 29.6 Å². The molecule has 0 aliphatic carbocycles. The minimum atomic E-state index is -1.11. The summed E-state index contributed by atoms with van der Waals surface area (Å²) < 4.78 is 5.45. The molecule has 1 fully saturated rings. The van der Waals surface area contributed by atoms with Crippen molar-refractivity contribution in [3.63, 3.8) is 0 Å². The van der Waals surface area contributed by atoms with Crippen LogP contribution < -0.4 is 5.32 Å². The highest BCUT2D eigenvalue weighted by molar-refractivity contribution is 5.95. The molecule has 1 aromatic heterocycles. The van der Waals surface area contributed by atoms with Crippen LogP contribution in [0.4, 0.5) is 0 Å². The van der Waals surface area contributed by atoms with E-state index < -0.39 is 11.5 Å². The number of rotatable bonds is 3. The third kappa shape index (κ3) is 2.73. The first-order chi connectivity index (χ1) is 8.92. The third-order valence-electron chi connectivity index (χ3n) is 3.53. The molecule has 102 valence electrons. The van der Waals surface area contributed by atoms with E-state index in [0.717, 1.165) is 6.42 Å². The molecule has 1 saturated heterocycles. The van der Waals surface area contributed by atoms with Crippen LogP contribution in [0.25, 0.3) is 0 Å². The number of carbonyl (C=O) groups is 2. The molecule has 2 rings (SSSR count). The maximum atomic E-state index is 12.1. The minimum absolute atomic E-state index is 0.0531. The number of amides is 1. The molecule has 0 bridgehead atoms. The van der Waals surface area contributed by atoms with E-state index in [-0.39, 0.29) is 17.7 Å². The van der Waals surface area contributed by atoms with Crippen molar-refractivity contribution in [2.45, 2.75) is 31.9 Å². The van der Waals surface area contributed by atoms with Crippen LogP contribution in [0.15, 0.2) is 18.3 Å². The summed E-state index contributed by atoms with van der Waals surface area (Å²) in [6.45, 7) is 4.47. The number of pyridine rings is 1. The first-order valence-corrected chi connectivity index (χ1v) is 6.06. The summed E-state index contributed by atoms with van der Waals surface area (Å²) in [6.07, 6.45) is 1.96. The number of aromatic carboxylic acids is 1. The fourth-order valence-electron chi connectivity index (χ4n) is 1.99. The lowest BCUT2D eigenvalue weighted by Crippen LogP contribution is -2.50. The highest BCUT2D eigenvalue weighted by Gasteiger charge is 2.38. The molecule has 1 aromatic rings. The normalized spacial score (nSPS) is 26.1. The van der Waals surface area contributed by atoms with E-state index in [2.05, 4.69) is 10.3 Å². The zero-order chi connectivity index (χ0) is 14.0. The number of nitrogens with one attached hydrogen (secondary N) is 1. The number of hydrogen-bond donors (Lipinski definition) is 2. The molecule has 2 atom stereocenters. The Kier molecular flexibility index (Phi) is 3.53. The average molecular weight is 264 g/mol. The number of hydrogen-bond acceptors (Lipinski definition) is 4. The summed E-state index contributed by atoms with van der Waals surface area (Å²) in [4.78, 5) is 26.5. The molecule has 2 unspecified atom stereocenters. The first kappa shape index (κ1) is 13.5. The Balaban J connectivity index is 2.10. The molecule has 0 radical (unpaired) electrons. The summed E-state index contributed by atoms with van der Waals surface area (Å²) >= 11 is 0. The molecule has 2 N–H and O–H groups in total. The van der Waals surface area contributed by atoms with Crippen LogP contribution in [-0.4, -0.2) is 40.2 Å². The topological polar surface area (TPSA) is 88.5 Å². The zero-order valence-electron chi connectivity index (χ0n) is 10.8. The molecular weight excluding hydrogens is 248 g/mol. The van der Waals surface area contributed by atoms with Gasteiger partial charge in [0.15, 0.2) is 0 Å². The summed E-state index contributed by atoms with van der Waals surface area (Å²) in [5, 5.41) is 11.7. The maximum absolute atomic E-state index is 12.1. The minimum Gasteiger partial charge on any atom is -0.477 e. The maximum Gasteiger partial charge on any atom is 0.354 e. The SMILES string of the molecule is CC1OCCC1(C)NC(=O)c1ccc(C(=O)O)nc1. The van der Waals surface area contributed by atoms with Gasteiger partial charge in [0.1, 0.15) is 5.69 Å². The molecule has 1 amide bonds. The number of carboxylic acid groups (broad SMARTS) is 1. The number of carbonyl (C=O) groups excluding carboxylic acids is 1. The van der Waals surface area contributed by atoms with Gasteiger partial charge in [0.05, 0.1) is 17.2 Å². The molecule has 1 aliphatic rings. The summed E-state index contributed by atoms with van der Waals surface area (Å²) in [6, 6.07) is 2.77. The predicted octanol–water partition coefficient (Wildman–Crippen LogP) is 1.08. The smallest absolute Gasteiger partial charge is 0.354 e. The lowest BCUT2D eigenvalue weighted by Gasteiger charge is -2.28. The second-order valence-electron chi connectivity index (χ2n) is 4.87. The van der Waals surface area contributed by atoms with Crippen LogP contribution in [0.5, 0.6) is 0 Å².